The Morgan fingerprint density at radius 2 is 2.18 bits per heavy atom. The van der Waals surface area contributed by atoms with Crippen molar-refractivity contribution in [3.63, 3.8) is 0 Å². The Labute approximate surface area is 139 Å². The largest absolute Gasteiger partial charge is 0.492 e. The fourth-order valence-corrected chi connectivity index (χ4v) is 2.43. The maximum Gasteiger partial charge on any atom is 0.224 e. The van der Waals surface area contributed by atoms with Gasteiger partial charge in [0.25, 0.3) is 0 Å². The zero-order chi connectivity index (χ0) is 15.8. The summed E-state index contributed by atoms with van der Waals surface area (Å²) in [6.07, 6.45) is 3.78. The van der Waals surface area contributed by atoms with Crippen molar-refractivity contribution in [1.82, 2.24) is 4.98 Å². The number of nitrogens with zero attached hydrogens (tertiary/aromatic N) is 1. The maximum absolute atomic E-state index is 12.1. The minimum absolute atomic E-state index is 0.0185. The molecule has 1 heterocycles. The molecular weight excluding hydrogens is 344 g/mol. The summed E-state index contributed by atoms with van der Waals surface area (Å²) >= 11 is 3.41. The van der Waals surface area contributed by atoms with E-state index >= 15 is 0 Å². The molecule has 0 spiro atoms. The molecule has 0 radical (unpaired) electrons. The lowest BCUT2D eigenvalue weighted by molar-refractivity contribution is -0.116. The van der Waals surface area contributed by atoms with Gasteiger partial charge in [0.15, 0.2) is 0 Å². The first-order valence-electron chi connectivity index (χ1n) is 7.31. The number of anilines is 1. The maximum atomic E-state index is 12.1. The molecule has 1 N–H and O–H groups in total. The van der Waals surface area contributed by atoms with Gasteiger partial charge in [0.2, 0.25) is 5.91 Å². The number of nitrogens with one attached hydrogen (secondary N) is 1. The molecule has 0 atom stereocenters. The Morgan fingerprint density at radius 1 is 1.32 bits per heavy atom. The number of aromatic nitrogens is 1. The van der Waals surface area contributed by atoms with Gasteiger partial charge in [0, 0.05) is 22.8 Å². The molecule has 0 saturated heterocycles. The predicted octanol–water partition coefficient (Wildman–Crippen LogP) is 4.20. The third kappa shape index (κ3) is 5.15. The molecule has 0 aliphatic heterocycles. The molecule has 116 valence electrons. The molecule has 4 nitrogen and oxygen atoms in total. The van der Waals surface area contributed by atoms with E-state index in [0.29, 0.717) is 24.5 Å². The number of hydrogen-bond acceptors (Lipinski definition) is 3. The van der Waals surface area contributed by atoms with Crippen LogP contribution in [0.2, 0.25) is 0 Å². The number of hydrogen-bond donors (Lipinski definition) is 1. The summed E-state index contributed by atoms with van der Waals surface area (Å²) in [6, 6.07) is 11.4. The minimum atomic E-state index is -0.0185. The standard InChI is InChI=1S/C17H19BrN2O2/c1-2-22-16-10-9-13(18)12-15(16)20-17(21)8-5-7-14-6-3-4-11-19-14/h3-4,6,9-12H,2,5,7-8H2,1H3,(H,20,21). The lowest BCUT2D eigenvalue weighted by Crippen LogP contribution is -2.12. The van der Waals surface area contributed by atoms with Gasteiger partial charge in [-0.3, -0.25) is 9.78 Å². The topological polar surface area (TPSA) is 51.2 Å². The summed E-state index contributed by atoms with van der Waals surface area (Å²) in [4.78, 5) is 16.3. The third-order valence-electron chi connectivity index (χ3n) is 3.08. The first kappa shape index (κ1) is 16.5. The van der Waals surface area contributed by atoms with E-state index in [9.17, 15) is 4.79 Å². The van der Waals surface area contributed by atoms with Crippen LogP contribution in [0.5, 0.6) is 5.75 Å². The molecule has 1 aromatic carbocycles. The van der Waals surface area contributed by atoms with Crippen LogP contribution in [0.1, 0.15) is 25.5 Å². The average molecular weight is 363 g/mol. The van der Waals surface area contributed by atoms with Gasteiger partial charge in [-0.2, -0.15) is 0 Å². The minimum Gasteiger partial charge on any atom is -0.492 e. The monoisotopic (exact) mass is 362 g/mol. The molecule has 0 saturated carbocycles. The summed E-state index contributed by atoms with van der Waals surface area (Å²) in [7, 11) is 0. The van der Waals surface area contributed by atoms with Crippen LogP contribution in [0.4, 0.5) is 5.69 Å². The van der Waals surface area contributed by atoms with Gasteiger partial charge in [-0.1, -0.05) is 22.0 Å². The Balaban J connectivity index is 1.87. The van der Waals surface area contributed by atoms with E-state index in [0.717, 1.165) is 23.0 Å². The first-order chi connectivity index (χ1) is 10.7. The molecule has 0 unspecified atom stereocenters. The second-order valence-electron chi connectivity index (χ2n) is 4.80. The second kappa shape index (κ2) is 8.54. The number of amides is 1. The zero-order valence-electron chi connectivity index (χ0n) is 12.5. The Bertz CT molecular complexity index is 617. The zero-order valence-corrected chi connectivity index (χ0v) is 14.1. The van der Waals surface area contributed by atoms with Gasteiger partial charge < -0.3 is 10.1 Å². The predicted molar refractivity (Wildman–Crippen MR) is 91.1 cm³/mol. The molecule has 2 rings (SSSR count). The van der Waals surface area contributed by atoms with Gasteiger partial charge in [-0.05, 0) is 50.1 Å². The smallest absolute Gasteiger partial charge is 0.224 e. The van der Waals surface area contributed by atoms with Crippen molar-refractivity contribution >= 4 is 27.5 Å². The fourth-order valence-electron chi connectivity index (χ4n) is 2.07. The number of aryl methyl sites for hydroxylation is 1. The third-order valence-corrected chi connectivity index (χ3v) is 3.57. The highest BCUT2D eigenvalue weighted by Crippen LogP contribution is 2.28. The van der Waals surface area contributed by atoms with Gasteiger partial charge in [0.1, 0.15) is 5.75 Å². The van der Waals surface area contributed by atoms with Crippen LogP contribution in [0.25, 0.3) is 0 Å². The van der Waals surface area contributed by atoms with Crippen LogP contribution >= 0.6 is 15.9 Å². The van der Waals surface area contributed by atoms with E-state index < -0.39 is 0 Å². The molecule has 5 heteroatoms. The number of benzene rings is 1. The number of carbonyl (C=O) groups is 1. The average Bonchev–Trinajstić information content (AvgIpc) is 2.51. The van der Waals surface area contributed by atoms with E-state index in [1.165, 1.54) is 0 Å². The van der Waals surface area contributed by atoms with Crippen molar-refractivity contribution in [3.8, 4) is 5.75 Å². The molecule has 2 aromatic rings. The molecule has 1 amide bonds. The molecule has 1 aromatic heterocycles. The van der Waals surface area contributed by atoms with Gasteiger partial charge in [-0.15, -0.1) is 0 Å². The molecule has 0 bridgehead atoms. The lowest BCUT2D eigenvalue weighted by Gasteiger charge is -2.12. The van der Waals surface area contributed by atoms with Crippen molar-refractivity contribution in [3.05, 3.63) is 52.8 Å². The molecular formula is C17H19BrN2O2. The van der Waals surface area contributed by atoms with Gasteiger partial charge in [0.05, 0.1) is 12.3 Å². The van der Waals surface area contributed by atoms with Crippen LogP contribution in [0, 0.1) is 0 Å². The van der Waals surface area contributed by atoms with E-state index in [1.54, 1.807) is 6.20 Å². The van der Waals surface area contributed by atoms with Crippen LogP contribution in [-0.4, -0.2) is 17.5 Å². The van der Waals surface area contributed by atoms with E-state index in [4.69, 9.17) is 4.74 Å². The van der Waals surface area contributed by atoms with E-state index in [1.807, 2.05) is 43.3 Å². The van der Waals surface area contributed by atoms with Crippen molar-refractivity contribution in [2.45, 2.75) is 26.2 Å². The quantitative estimate of drug-likeness (QED) is 0.802. The molecule has 22 heavy (non-hydrogen) atoms. The SMILES string of the molecule is CCOc1ccc(Br)cc1NC(=O)CCCc1ccccn1. The number of carbonyl (C=O) groups excluding carboxylic acids is 1. The van der Waals surface area contributed by atoms with Crippen LogP contribution in [0.3, 0.4) is 0 Å². The Morgan fingerprint density at radius 3 is 2.91 bits per heavy atom. The highest BCUT2D eigenvalue weighted by atomic mass is 79.9. The molecule has 0 aliphatic carbocycles. The Hall–Kier alpha value is -1.88. The fraction of sp³-hybridized carbons (Fsp3) is 0.294. The van der Waals surface area contributed by atoms with Crippen molar-refractivity contribution in [1.29, 1.82) is 0 Å². The Kier molecular flexibility index (Phi) is 6.40. The van der Waals surface area contributed by atoms with Crippen LogP contribution in [0.15, 0.2) is 47.1 Å². The molecule has 0 aliphatic rings. The van der Waals surface area contributed by atoms with Crippen molar-refractivity contribution in [2.24, 2.45) is 0 Å². The van der Waals surface area contributed by atoms with E-state index in [2.05, 4.69) is 26.2 Å². The van der Waals surface area contributed by atoms with Gasteiger partial charge in [-0.25, -0.2) is 0 Å². The number of pyridine rings is 1. The number of halogens is 1. The summed E-state index contributed by atoms with van der Waals surface area (Å²) in [6.45, 7) is 2.48. The number of rotatable bonds is 7. The summed E-state index contributed by atoms with van der Waals surface area (Å²) in [5.74, 6) is 0.666. The summed E-state index contributed by atoms with van der Waals surface area (Å²) in [5, 5.41) is 2.91. The highest BCUT2D eigenvalue weighted by molar-refractivity contribution is 9.10. The second-order valence-corrected chi connectivity index (χ2v) is 5.71. The summed E-state index contributed by atoms with van der Waals surface area (Å²) < 4.78 is 6.42. The van der Waals surface area contributed by atoms with E-state index in [-0.39, 0.29) is 5.91 Å². The molecule has 0 fully saturated rings. The van der Waals surface area contributed by atoms with Crippen LogP contribution in [-0.2, 0) is 11.2 Å². The van der Waals surface area contributed by atoms with Crippen molar-refractivity contribution < 1.29 is 9.53 Å². The normalized spacial score (nSPS) is 10.3. The van der Waals surface area contributed by atoms with Crippen LogP contribution < -0.4 is 10.1 Å². The lowest BCUT2D eigenvalue weighted by atomic mass is 10.1. The first-order valence-corrected chi connectivity index (χ1v) is 8.10. The summed E-state index contributed by atoms with van der Waals surface area (Å²) in [5.41, 5.74) is 1.70. The van der Waals surface area contributed by atoms with Gasteiger partial charge >= 0.3 is 0 Å². The highest BCUT2D eigenvalue weighted by Gasteiger charge is 2.08. The van der Waals surface area contributed by atoms with Crippen molar-refractivity contribution in [2.75, 3.05) is 11.9 Å². The number of ether oxygens (including phenoxy) is 1.